The first-order valence-corrected chi connectivity index (χ1v) is 6.45. The maximum Gasteiger partial charge on any atom is 0.443 e. The van der Waals surface area contributed by atoms with E-state index in [0.29, 0.717) is 41.9 Å². The van der Waals surface area contributed by atoms with Gasteiger partial charge in [-0.25, -0.2) is 4.98 Å². The van der Waals surface area contributed by atoms with Gasteiger partial charge in [-0.05, 0) is 25.7 Å². The van der Waals surface area contributed by atoms with Crippen molar-refractivity contribution in [3.8, 4) is 0 Å². The van der Waals surface area contributed by atoms with Gasteiger partial charge in [0, 0.05) is 13.3 Å². The SMILES string of the molecule is COC1CCC(O)(c2cnc(C(F)(F)F)s2)CC1. The Morgan fingerprint density at radius 1 is 1.44 bits per heavy atom. The van der Waals surface area contributed by atoms with E-state index in [-0.39, 0.29) is 6.10 Å². The normalized spacial score (nSPS) is 29.5. The summed E-state index contributed by atoms with van der Waals surface area (Å²) in [5.74, 6) is 0. The second-order valence-corrected chi connectivity index (χ2v) is 5.52. The summed E-state index contributed by atoms with van der Waals surface area (Å²) in [5.41, 5.74) is -1.18. The number of hydrogen-bond acceptors (Lipinski definition) is 4. The minimum atomic E-state index is -4.44. The minimum absolute atomic E-state index is 0.0836. The first-order valence-electron chi connectivity index (χ1n) is 5.64. The van der Waals surface area contributed by atoms with E-state index >= 15 is 0 Å². The van der Waals surface area contributed by atoms with Crippen LogP contribution in [0.2, 0.25) is 0 Å². The topological polar surface area (TPSA) is 42.4 Å². The van der Waals surface area contributed by atoms with Crippen LogP contribution in [0.25, 0.3) is 0 Å². The van der Waals surface area contributed by atoms with Gasteiger partial charge in [0.15, 0.2) is 5.01 Å². The fourth-order valence-electron chi connectivity index (χ4n) is 2.17. The minimum Gasteiger partial charge on any atom is -0.384 e. The quantitative estimate of drug-likeness (QED) is 0.906. The van der Waals surface area contributed by atoms with Crippen LogP contribution in [-0.2, 0) is 16.5 Å². The summed E-state index contributed by atoms with van der Waals surface area (Å²) >= 11 is 0.527. The van der Waals surface area contributed by atoms with Crippen molar-refractivity contribution in [1.82, 2.24) is 4.98 Å². The number of hydrogen-bond donors (Lipinski definition) is 1. The Balaban J connectivity index is 2.14. The van der Waals surface area contributed by atoms with E-state index in [4.69, 9.17) is 4.74 Å². The molecule has 1 aromatic rings. The lowest BCUT2D eigenvalue weighted by atomic mass is 9.82. The van der Waals surface area contributed by atoms with Crippen molar-refractivity contribution in [3.05, 3.63) is 16.1 Å². The molecule has 0 radical (unpaired) electrons. The Hall–Kier alpha value is -0.660. The summed E-state index contributed by atoms with van der Waals surface area (Å²) < 4.78 is 42.5. The molecule has 0 unspecified atom stereocenters. The van der Waals surface area contributed by atoms with Crippen LogP contribution in [0, 0.1) is 0 Å². The Bertz CT molecular complexity index is 411. The highest BCUT2D eigenvalue weighted by atomic mass is 32.1. The molecular formula is C11H14F3NO2S. The molecule has 1 saturated carbocycles. The molecule has 0 aromatic carbocycles. The number of nitrogens with zero attached hydrogens (tertiary/aromatic N) is 1. The third kappa shape index (κ3) is 2.67. The van der Waals surface area contributed by atoms with Gasteiger partial charge in [-0.1, -0.05) is 0 Å². The monoisotopic (exact) mass is 281 g/mol. The number of aliphatic hydroxyl groups is 1. The molecule has 1 aliphatic carbocycles. The predicted molar refractivity (Wildman–Crippen MR) is 60.3 cm³/mol. The maximum absolute atomic E-state index is 12.5. The van der Waals surface area contributed by atoms with Gasteiger partial charge in [-0.3, -0.25) is 0 Å². The number of aromatic nitrogens is 1. The summed E-state index contributed by atoms with van der Waals surface area (Å²) in [6.07, 6.45) is -1.11. The van der Waals surface area contributed by atoms with Crippen LogP contribution in [-0.4, -0.2) is 23.3 Å². The van der Waals surface area contributed by atoms with E-state index < -0.39 is 16.8 Å². The average Bonchev–Trinajstić information content (AvgIpc) is 2.79. The summed E-state index contributed by atoms with van der Waals surface area (Å²) in [6.45, 7) is 0. The van der Waals surface area contributed by atoms with E-state index in [1.54, 1.807) is 7.11 Å². The predicted octanol–water partition coefficient (Wildman–Crippen LogP) is 2.94. The molecule has 1 fully saturated rings. The molecule has 3 nitrogen and oxygen atoms in total. The number of ether oxygens (including phenoxy) is 1. The van der Waals surface area contributed by atoms with Gasteiger partial charge in [0.05, 0.1) is 11.0 Å². The Morgan fingerprint density at radius 2 is 2.06 bits per heavy atom. The van der Waals surface area contributed by atoms with Gasteiger partial charge in [-0.2, -0.15) is 13.2 Å². The molecule has 1 aliphatic rings. The highest BCUT2D eigenvalue weighted by molar-refractivity contribution is 7.11. The van der Waals surface area contributed by atoms with Crippen LogP contribution < -0.4 is 0 Å². The van der Waals surface area contributed by atoms with Crippen LogP contribution in [0.3, 0.4) is 0 Å². The van der Waals surface area contributed by atoms with Crippen molar-refractivity contribution in [2.24, 2.45) is 0 Å². The van der Waals surface area contributed by atoms with Crippen molar-refractivity contribution >= 4 is 11.3 Å². The molecule has 0 amide bonds. The highest BCUT2D eigenvalue weighted by Gasteiger charge is 2.40. The lowest BCUT2D eigenvalue weighted by Gasteiger charge is -2.34. The Labute approximate surface area is 107 Å². The van der Waals surface area contributed by atoms with Crippen molar-refractivity contribution in [3.63, 3.8) is 0 Å². The summed E-state index contributed by atoms with van der Waals surface area (Å²) in [4.78, 5) is 3.65. The van der Waals surface area contributed by atoms with Crippen molar-refractivity contribution in [2.45, 2.75) is 43.6 Å². The molecule has 1 N–H and O–H groups in total. The second-order valence-electron chi connectivity index (χ2n) is 4.49. The number of alkyl halides is 3. The molecule has 0 spiro atoms. The Kier molecular flexibility index (Phi) is 3.66. The molecule has 1 heterocycles. The lowest BCUT2D eigenvalue weighted by Crippen LogP contribution is -2.33. The maximum atomic E-state index is 12.5. The van der Waals surface area contributed by atoms with Gasteiger partial charge in [0.1, 0.15) is 5.60 Å². The van der Waals surface area contributed by atoms with Gasteiger partial charge in [0.2, 0.25) is 0 Å². The lowest BCUT2D eigenvalue weighted by molar-refractivity contribution is -0.137. The molecule has 0 atom stereocenters. The molecule has 0 bridgehead atoms. The second kappa shape index (κ2) is 4.79. The van der Waals surface area contributed by atoms with Crippen molar-refractivity contribution in [2.75, 3.05) is 7.11 Å². The Morgan fingerprint density at radius 3 is 2.50 bits per heavy atom. The molecular weight excluding hydrogens is 267 g/mol. The van der Waals surface area contributed by atoms with E-state index in [1.807, 2.05) is 0 Å². The molecule has 1 aromatic heterocycles. The zero-order valence-corrected chi connectivity index (χ0v) is 10.6. The molecule has 18 heavy (non-hydrogen) atoms. The zero-order chi connectivity index (χ0) is 13.4. The number of methoxy groups -OCH3 is 1. The molecule has 102 valence electrons. The smallest absolute Gasteiger partial charge is 0.384 e. The largest absolute Gasteiger partial charge is 0.443 e. The van der Waals surface area contributed by atoms with Crippen LogP contribution in [0.4, 0.5) is 13.2 Å². The fraction of sp³-hybridized carbons (Fsp3) is 0.727. The standard InChI is InChI=1S/C11H14F3NO2S/c1-17-7-2-4-10(16,5-3-7)8-6-15-9(18-8)11(12,13)14/h6-7,16H,2-5H2,1H3. The van der Waals surface area contributed by atoms with Gasteiger partial charge in [0.25, 0.3) is 0 Å². The molecule has 0 aliphatic heterocycles. The number of halogens is 3. The number of rotatable bonds is 2. The number of thiazole rings is 1. The van der Waals surface area contributed by atoms with E-state index in [0.717, 1.165) is 6.20 Å². The highest BCUT2D eigenvalue weighted by Crippen LogP contribution is 2.42. The van der Waals surface area contributed by atoms with Crippen LogP contribution >= 0.6 is 11.3 Å². The first-order chi connectivity index (χ1) is 8.35. The molecule has 7 heteroatoms. The van der Waals surface area contributed by atoms with E-state index in [2.05, 4.69) is 4.98 Å². The van der Waals surface area contributed by atoms with Crippen molar-refractivity contribution < 1.29 is 23.0 Å². The van der Waals surface area contributed by atoms with Gasteiger partial charge >= 0.3 is 6.18 Å². The van der Waals surface area contributed by atoms with E-state index in [1.165, 1.54) is 0 Å². The van der Waals surface area contributed by atoms with Crippen LogP contribution in [0.15, 0.2) is 6.20 Å². The van der Waals surface area contributed by atoms with Gasteiger partial charge < -0.3 is 9.84 Å². The third-order valence-electron chi connectivity index (χ3n) is 3.30. The van der Waals surface area contributed by atoms with Crippen molar-refractivity contribution in [1.29, 1.82) is 0 Å². The summed E-state index contributed by atoms with van der Waals surface area (Å²) in [6, 6.07) is 0. The molecule has 2 rings (SSSR count). The molecule has 0 saturated heterocycles. The van der Waals surface area contributed by atoms with Crippen LogP contribution in [0.5, 0.6) is 0 Å². The fourth-order valence-corrected chi connectivity index (χ4v) is 3.10. The third-order valence-corrected chi connectivity index (χ3v) is 4.54. The first kappa shape index (κ1) is 13.8. The zero-order valence-electron chi connectivity index (χ0n) is 9.83. The summed E-state index contributed by atoms with van der Waals surface area (Å²) in [5, 5.41) is 9.48. The average molecular weight is 281 g/mol. The van der Waals surface area contributed by atoms with E-state index in [9.17, 15) is 18.3 Å². The van der Waals surface area contributed by atoms with Crippen LogP contribution in [0.1, 0.15) is 35.6 Å². The summed E-state index contributed by atoms with van der Waals surface area (Å²) in [7, 11) is 1.60. The van der Waals surface area contributed by atoms with Gasteiger partial charge in [-0.15, -0.1) is 11.3 Å².